The van der Waals surface area contributed by atoms with Crippen molar-refractivity contribution >= 4 is 34.4 Å². The number of hydrogen-bond acceptors (Lipinski definition) is 6. The molecule has 9 heteroatoms. The number of phenolic OH excluding ortho intramolecular Hbond substituents is 1. The third kappa shape index (κ3) is 3.99. The van der Waals surface area contributed by atoms with Gasteiger partial charge in [0.05, 0.1) is 11.1 Å². The Hall–Kier alpha value is -3.59. The van der Waals surface area contributed by atoms with E-state index in [0.717, 1.165) is 11.1 Å². The second-order valence-electron chi connectivity index (χ2n) is 6.20. The lowest BCUT2D eigenvalue weighted by atomic mass is 10.1. The lowest BCUT2D eigenvalue weighted by molar-refractivity contribution is 0.0946. The predicted molar refractivity (Wildman–Crippen MR) is 108 cm³/mol. The van der Waals surface area contributed by atoms with Crippen LogP contribution in [0.4, 0.5) is 10.2 Å². The number of carbonyl (C=O) groups excluding carboxylic acids is 1. The van der Waals surface area contributed by atoms with E-state index in [2.05, 4.69) is 20.3 Å². The summed E-state index contributed by atoms with van der Waals surface area (Å²) in [7, 11) is 0. The first-order valence-corrected chi connectivity index (χ1v) is 9.45. The Morgan fingerprint density at radius 1 is 1.28 bits per heavy atom. The molecule has 0 aliphatic heterocycles. The van der Waals surface area contributed by atoms with E-state index in [0.29, 0.717) is 15.3 Å². The normalized spacial score (nSPS) is 10.9. The molecule has 0 saturated carbocycles. The molecule has 29 heavy (non-hydrogen) atoms. The number of halogens is 1. The van der Waals surface area contributed by atoms with Crippen LogP contribution >= 0.6 is 11.8 Å². The molecule has 2 aromatic heterocycles. The average molecular weight is 409 g/mol. The molecule has 2 aromatic carbocycles. The standard InChI is InChI=1S/C20H16FN5O2S/c21-12-5-6-14-13(7-12)11(8-23-14)9-25-20(28)18-19(22)24-10-17(26-18)29-16-4-2-1-3-15(16)27/h1-8,10,23,27H,9H2,(H2,22,24)(H,25,28). The number of nitrogen functional groups attached to an aromatic ring is 1. The summed E-state index contributed by atoms with van der Waals surface area (Å²) in [5.74, 6) is -0.753. The highest BCUT2D eigenvalue weighted by Gasteiger charge is 2.16. The molecule has 0 unspecified atom stereocenters. The summed E-state index contributed by atoms with van der Waals surface area (Å²) in [5, 5.41) is 13.7. The SMILES string of the molecule is Nc1ncc(Sc2ccccc2O)nc1C(=O)NCc1c[nH]c2ccc(F)cc12. The molecule has 0 aliphatic rings. The van der Waals surface area contributed by atoms with E-state index in [9.17, 15) is 14.3 Å². The molecule has 2 heterocycles. The fourth-order valence-corrected chi connectivity index (χ4v) is 3.60. The van der Waals surface area contributed by atoms with Crippen LogP contribution < -0.4 is 11.1 Å². The zero-order valence-electron chi connectivity index (χ0n) is 15.0. The first kappa shape index (κ1) is 18.8. The summed E-state index contributed by atoms with van der Waals surface area (Å²) in [6.07, 6.45) is 3.15. The number of fused-ring (bicyclic) bond motifs is 1. The van der Waals surface area contributed by atoms with Crippen LogP contribution in [0.3, 0.4) is 0 Å². The van der Waals surface area contributed by atoms with Crippen molar-refractivity contribution in [2.75, 3.05) is 5.73 Å². The van der Waals surface area contributed by atoms with Gasteiger partial charge in [-0.1, -0.05) is 23.9 Å². The number of benzene rings is 2. The van der Waals surface area contributed by atoms with E-state index in [-0.39, 0.29) is 29.6 Å². The highest BCUT2D eigenvalue weighted by molar-refractivity contribution is 7.99. The molecule has 4 aromatic rings. The van der Waals surface area contributed by atoms with E-state index in [1.165, 1.54) is 30.1 Å². The maximum absolute atomic E-state index is 13.5. The molecule has 146 valence electrons. The van der Waals surface area contributed by atoms with Crippen LogP contribution in [0.15, 0.2) is 64.8 Å². The fraction of sp³-hybridized carbons (Fsp3) is 0.0500. The van der Waals surface area contributed by atoms with Gasteiger partial charge in [0.25, 0.3) is 5.91 Å². The first-order chi connectivity index (χ1) is 14.0. The number of aromatic amines is 1. The van der Waals surface area contributed by atoms with E-state index in [1.54, 1.807) is 36.5 Å². The monoisotopic (exact) mass is 409 g/mol. The summed E-state index contributed by atoms with van der Waals surface area (Å²) in [5.41, 5.74) is 7.32. The van der Waals surface area contributed by atoms with Gasteiger partial charge in [-0.3, -0.25) is 4.79 Å². The molecule has 4 rings (SSSR count). The van der Waals surface area contributed by atoms with Crippen molar-refractivity contribution in [3.8, 4) is 5.75 Å². The number of amides is 1. The topological polar surface area (TPSA) is 117 Å². The van der Waals surface area contributed by atoms with Gasteiger partial charge in [-0.25, -0.2) is 14.4 Å². The molecular weight excluding hydrogens is 393 g/mol. The zero-order valence-corrected chi connectivity index (χ0v) is 15.8. The highest BCUT2D eigenvalue weighted by Crippen LogP contribution is 2.33. The Morgan fingerprint density at radius 2 is 2.10 bits per heavy atom. The summed E-state index contributed by atoms with van der Waals surface area (Å²) in [4.78, 5) is 24.5. The van der Waals surface area contributed by atoms with Crippen molar-refractivity contribution < 1.29 is 14.3 Å². The highest BCUT2D eigenvalue weighted by atomic mass is 32.2. The Balaban J connectivity index is 1.52. The van der Waals surface area contributed by atoms with Crippen LogP contribution in [-0.4, -0.2) is 26.0 Å². The van der Waals surface area contributed by atoms with Gasteiger partial charge in [-0.15, -0.1) is 0 Å². The maximum atomic E-state index is 13.5. The van der Waals surface area contributed by atoms with E-state index in [4.69, 9.17) is 5.73 Å². The molecule has 0 spiro atoms. The molecule has 0 aliphatic carbocycles. The largest absolute Gasteiger partial charge is 0.507 e. The quantitative estimate of drug-likeness (QED) is 0.401. The third-order valence-electron chi connectivity index (χ3n) is 4.24. The van der Waals surface area contributed by atoms with Crippen LogP contribution in [0.1, 0.15) is 16.1 Å². The number of phenols is 1. The van der Waals surface area contributed by atoms with Gasteiger partial charge in [0, 0.05) is 23.6 Å². The Bertz CT molecular complexity index is 1210. The Kier molecular flexibility index (Phi) is 5.05. The first-order valence-electron chi connectivity index (χ1n) is 8.63. The number of para-hydroxylation sites is 1. The molecule has 5 N–H and O–H groups in total. The van der Waals surface area contributed by atoms with Crippen LogP contribution in [0.25, 0.3) is 10.9 Å². The molecule has 0 fully saturated rings. The van der Waals surface area contributed by atoms with Crippen molar-refractivity contribution in [2.45, 2.75) is 16.5 Å². The number of carbonyl (C=O) groups is 1. The fourth-order valence-electron chi connectivity index (χ4n) is 2.81. The number of hydrogen-bond donors (Lipinski definition) is 4. The summed E-state index contributed by atoms with van der Waals surface area (Å²) in [6.45, 7) is 0.167. The van der Waals surface area contributed by atoms with Crippen molar-refractivity contribution in [2.24, 2.45) is 0 Å². The molecule has 0 bridgehead atoms. The van der Waals surface area contributed by atoms with Crippen LogP contribution in [0, 0.1) is 5.82 Å². The third-order valence-corrected chi connectivity index (χ3v) is 5.21. The Labute approximate surface area is 169 Å². The minimum atomic E-state index is -0.500. The number of aromatic hydroxyl groups is 1. The number of anilines is 1. The number of nitrogens with zero attached hydrogens (tertiary/aromatic N) is 2. The molecular formula is C20H16FN5O2S. The molecule has 1 amide bonds. The van der Waals surface area contributed by atoms with Crippen molar-refractivity contribution in [3.05, 3.63) is 71.9 Å². The minimum Gasteiger partial charge on any atom is -0.507 e. The van der Waals surface area contributed by atoms with Gasteiger partial charge in [0.15, 0.2) is 11.5 Å². The summed E-state index contributed by atoms with van der Waals surface area (Å²) < 4.78 is 13.5. The lowest BCUT2D eigenvalue weighted by Gasteiger charge is -2.08. The van der Waals surface area contributed by atoms with Gasteiger partial charge in [-0.05, 0) is 35.9 Å². The molecule has 0 atom stereocenters. The van der Waals surface area contributed by atoms with Gasteiger partial charge < -0.3 is 21.1 Å². The van der Waals surface area contributed by atoms with Gasteiger partial charge in [-0.2, -0.15) is 0 Å². The molecule has 0 saturated heterocycles. The van der Waals surface area contributed by atoms with Crippen molar-refractivity contribution in [3.63, 3.8) is 0 Å². The molecule has 0 radical (unpaired) electrons. The number of nitrogens with two attached hydrogens (primary N) is 1. The summed E-state index contributed by atoms with van der Waals surface area (Å²) >= 11 is 1.17. The average Bonchev–Trinajstić information content (AvgIpc) is 3.11. The van der Waals surface area contributed by atoms with Crippen LogP contribution in [-0.2, 0) is 6.54 Å². The second kappa shape index (κ2) is 7.80. The lowest BCUT2D eigenvalue weighted by Crippen LogP contribution is -2.25. The summed E-state index contributed by atoms with van der Waals surface area (Å²) in [6, 6.07) is 11.2. The van der Waals surface area contributed by atoms with Gasteiger partial charge in [0.2, 0.25) is 0 Å². The van der Waals surface area contributed by atoms with E-state index in [1.807, 2.05) is 0 Å². The van der Waals surface area contributed by atoms with Gasteiger partial charge >= 0.3 is 0 Å². The number of aromatic nitrogens is 3. The Morgan fingerprint density at radius 3 is 2.93 bits per heavy atom. The smallest absolute Gasteiger partial charge is 0.274 e. The number of H-pyrrole nitrogens is 1. The van der Waals surface area contributed by atoms with Crippen LogP contribution in [0.5, 0.6) is 5.75 Å². The maximum Gasteiger partial charge on any atom is 0.274 e. The van der Waals surface area contributed by atoms with Crippen molar-refractivity contribution in [1.82, 2.24) is 20.3 Å². The molecule has 7 nitrogen and oxygen atoms in total. The zero-order chi connectivity index (χ0) is 20.4. The number of rotatable bonds is 5. The van der Waals surface area contributed by atoms with Gasteiger partial charge in [0.1, 0.15) is 16.6 Å². The number of nitrogens with one attached hydrogen (secondary N) is 2. The van der Waals surface area contributed by atoms with Crippen molar-refractivity contribution in [1.29, 1.82) is 0 Å². The second-order valence-corrected chi connectivity index (χ2v) is 7.26. The predicted octanol–water partition coefficient (Wildman–Crippen LogP) is 3.47. The van der Waals surface area contributed by atoms with E-state index >= 15 is 0 Å². The van der Waals surface area contributed by atoms with Crippen LogP contribution in [0.2, 0.25) is 0 Å². The minimum absolute atomic E-state index is 0.00546. The van der Waals surface area contributed by atoms with E-state index < -0.39 is 5.91 Å².